The molecule has 0 saturated carbocycles. The zero-order valence-corrected chi connectivity index (χ0v) is 9.27. The predicted molar refractivity (Wildman–Crippen MR) is 59.8 cm³/mol. The minimum atomic E-state index is -0.584. The van der Waals surface area contributed by atoms with Crippen LogP contribution in [0.2, 0.25) is 0 Å². The molecule has 17 heavy (non-hydrogen) atoms. The Morgan fingerprint density at radius 2 is 2.18 bits per heavy atom. The van der Waals surface area contributed by atoms with Gasteiger partial charge in [-0.1, -0.05) is 0 Å². The Hall–Kier alpha value is -1.69. The van der Waals surface area contributed by atoms with Gasteiger partial charge in [0.05, 0.1) is 17.9 Å². The summed E-state index contributed by atoms with van der Waals surface area (Å²) in [4.78, 5) is 17.2. The van der Waals surface area contributed by atoms with Gasteiger partial charge < -0.3 is 15.7 Å². The fourth-order valence-electron chi connectivity index (χ4n) is 1.86. The number of rotatable bonds is 1. The Bertz CT molecular complexity index is 431. The van der Waals surface area contributed by atoms with Gasteiger partial charge in [-0.2, -0.15) is 0 Å². The number of likely N-dealkylation sites (tertiary alicyclic amines) is 1. The van der Waals surface area contributed by atoms with E-state index in [-0.39, 0.29) is 23.4 Å². The number of pyridine rings is 1. The van der Waals surface area contributed by atoms with Crippen LogP contribution in [0.4, 0.5) is 10.2 Å². The average Bonchev–Trinajstić information content (AvgIpc) is 2.32. The first-order valence-electron chi connectivity index (χ1n) is 5.46. The van der Waals surface area contributed by atoms with Gasteiger partial charge in [0.1, 0.15) is 11.6 Å². The Balaban J connectivity index is 2.16. The molecule has 92 valence electrons. The van der Waals surface area contributed by atoms with Gasteiger partial charge in [-0.15, -0.1) is 0 Å². The summed E-state index contributed by atoms with van der Waals surface area (Å²) in [6.45, 7) is 0.909. The van der Waals surface area contributed by atoms with E-state index in [9.17, 15) is 14.3 Å². The highest BCUT2D eigenvalue weighted by Crippen LogP contribution is 2.17. The molecule has 0 aromatic carbocycles. The molecular formula is C11H14FN3O2. The van der Waals surface area contributed by atoms with E-state index in [1.165, 1.54) is 0 Å². The van der Waals surface area contributed by atoms with Crippen molar-refractivity contribution in [2.45, 2.75) is 18.9 Å². The molecule has 0 unspecified atom stereocenters. The maximum Gasteiger partial charge on any atom is 0.257 e. The quantitative estimate of drug-likeness (QED) is 0.743. The molecule has 0 radical (unpaired) electrons. The molecule has 2 heterocycles. The molecule has 3 N–H and O–H groups in total. The van der Waals surface area contributed by atoms with Crippen LogP contribution in [0, 0.1) is 5.82 Å². The summed E-state index contributed by atoms with van der Waals surface area (Å²) >= 11 is 0. The van der Waals surface area contributed by atoms with Crippen molar-refractivity contribution in [1.29, 1.82) is 0 Å². The number of hydrogen-bond donors (Lipinski definition) is 2. The number of nitrogen functional groups attached to an aromatic ring is 1. The van der Waals surface area contributed by atoms with Crippen molar-refractivity contribution < 1.29 is 14.3 Å². The molecule has 1 amide bonds. The zero-order chi connectivity index (χ0) is 12.4. The number of aliphatic hydroxyl groups excluding tert-OH is 1. The van der Waals surface area contributed by atoms with E-state index >= 15 is 0 Å². The third kappa shape index (κ3) is 2.52. The lowest BCUT2D eigenvalue weighted by Gasteiger charge is -2.29. The number of nitrogens with zero attached hydrogens (tertiary/aromatic N) is 2. The van der Waals surface area contributed by atoms with Crippen molar-refractivity contribution in [3.05, 3.63) is 23.6 Å². The Morgan fingerprint density at radius 3 is 2.82 bits per heavy atom. The third-order valence-electron chi connectivity index (χ3n) is 2.87. The molecular weight excluding hydrogens is 225 g/mol. The van der Waals surface area contributed by atoms with Crippen molar-refractivity contribution in [3.8, 4) is 0 Å². The summed E-state index contributed by atoms with van der Waals surface area (Å²) < 4.78 is 13.0. The summed E-state index contributed by atoms with van der Waals surface area (Å²) in [5, 5.41) is 9.34. The molecule has 0 spiro atoms. The molecule has 0 aliphatic carbocycles. The van der Waals surface area contributed by atoms with Gasteiger partial charge in [0.25, 0.3) is 5.91 Å². The SMILES string of the molecule is Nc1ncc(F)cc1C(=O)N1CCC(O)CC1. The van der Waals surface area contributed by atoms with E-state index in [0.717, 1.165) is 12.3 Å². The van der Waals surface area contributed by atoms with E-state index in [2.05, 4.69) is 4.98 Å². The number of piperidine rings is 1. The zero-order valence-electron chi connectivity index (χ0n) is 9.27. The summed E-state index contributed by atoms with van der Waals surface area (Å²) in [6.07, 6.45) is 1.69. The summed E-state index contributed by atoms with van der Waals surface area (Å²) in [6, 6.07) is 1.09. The molecule has 1 aromatic rings. The number of amides is 1. The molecule has 1 fully saturated rings. The van der Waals surface area contributed by atoms with E-state index in [1.54, 1.807) is 4.90 Å². The van der Waals surface area contributed by atoms with Crippen molar-refractivity contribution in [1.82, 2.24) is 9.88 Å². The van der Waals surface area contributed by atoms with E-state index < -0.39 is 5.82 Å². The number of carbonyl (C=O) groups excluding carboxylic acids is 1. The van der Waals surface area contributed by atoms with Gasteiger partial charge in [0.15, 0.2) is 0 Å². The van der Waals surface area contributed by atoms with E-state index in [1.807, 2.05) is 0 Å². The second-order valence-electron chi connectivity index (χ2n) is 4.11. The van der Waals surface area contributed by atoms with Crippen LogP contribution in [0.5, 0.6) is 0 Å². The first-order chi connectivity index (χ1) is 8.08. The average molecular weight is 239 g/mol. The van der Waals surface area contributed by atoms with Gasteiger partial charge >= 0.3 is 0 Å². The highest BCUT2D eigenvalue weighted by atomic mass is 19.1. The number of hydrogen-bond acceptors (Lipinski definition) is 4. The smallest absolute Gasteiger partial charge is 0.257 e. The maximum atomic E-state index is 13.0. The molecule has 6 heteroatoms. The lowest BCUT2D eigenvalue weighted by Crippen LogP contribution is -2.40. The monoisotopic (exact) mass is 239 g/mol. The van der Waals surface area contributed by atoms with Crippen molar-refractivity contribution in [2.75, 3.05) is 18.8 Å². The Morgan fingerprint density at radius 1 is 1.53 bits per heavy atom. The molecule has 1 aliphatic rings. The number of nitrogens with two attached hydrogens (primary N) is 1. The molecule has 5 nitrogen and oxygen atoms in total. The number of carbonyl (C=O) groups is 1. The van der Waals surface area contributed by atoms with E-state index in [0.29, 0.717) is 25.9 Å². The Labute approximate surface area is 98.1 Å². The van der Waals surface area contributed by atoms with Crippen molar-refractivity contribution in [2.24, 2.45) is 0 Å². The first-order valence-corrected chi connectivity index (χ1v) is 5.46. The Kier molecular flexibility index (Phi) is 3.23. The molecule has 1 saturated heterocycles. The van der Waals surface area contributed by atoms with Crippen LogP contribution in [0.3, 0.4) is 0 Å². The first kappa shape index (κ1) is 11.8. The number of aromatic nitrogens is 1. The van der Waals surface area contributed by atoms with Crippen LogP contribution in [0.25, 0.3) is 0 Å². The van der Waals surface area contributed by atoms with Crippen LogP contribution in [-0.2, 0) is 0 Å². The standard InChI is InChI=1S/C11H14FN3O2/c12-7-5-9(10(13)14-6-7)11(17)15-3-1-8(16)2-4-15/h5-6,8,16H,1-4H2,(H2,13,14). The summed E-state index contributed by atoms with van der Waals surface area (Å²) in [7, 11) is 0. The predicted octanol–water partition coefficient (Wildman–Crippen LogP) is 0.400. The lowest BCUT2D eigenvalue weighted by atomic mass is 10.1. The molecule has 1 aliphatic heterocycles. The van der Waals surface area contributed by atoms with Crippen LogP contribution < -0.4 is 5.73 Å². The van der Waals surface area contributed by atoms with Crippen LogP contribution in [-0.4, -0.2) is 40.1 Å². The molecule has 0 atom stereocenters. The molecule has 1 aromatic heterocycles. The fourth-order valence-corrected chi connectivity index (χ4v) is 1.86. The normalized spacial score (nSPS) is 17.2. The minimum absolute atomic E-state index is 0.0301. The number of aliphatic hydroxyl groups is 1. The minimum Gasteiger partial charge on any atom is -0.393 e. The van der Waals surface area contributed by atoms with Crippen LogP contribution >= 0.6 is 0 Å². The topological polar surface area (TPSA) is 79.5 Å². The number of anilines is 1. The van der Waals surface area contributed by atoms with Crippen molar-refractivity contribution in [3.63, 3.8) is 0 Å². The number of halogens is 1. The van der Waals surface area contributed by atoms with Crippen molar-refractivity contribution >= 4 is 11.7 Å². The highest BCUT2D eigenvalue weighted by molar-refractivity contribution is 5.98. The second-order valence-corrected chi connectivity index (χ2v) is 4.11. The summed E-state index contributed by atoms with van der Waals surface area (Å²) in [5.41, 5.74) is 5.63. The highest BCUT2D eigenvalue weighted by Gasteiger charge is 2.24. The van der Waals surface area contributed by atoms with Gasteiger partial charge in [0.2, 0.25) is 0 Å². The van der Waals surface area contributed by atoms with Gasteiger partial charge in [-0.3, -0.25) is 4.79 Å². The van der Waals surface area contributed by atoms with Gasteiger partial charge in [0, 0.05) is 13.1 Å². The largest absolute Gasteiger partial charge is 0.393 e. The van der Waals surface area contributed by atoms with E-state index in [4.69, 9.17) is 5.73 Å². The van der Waals surface area contributed by atoms with Crippen LogP contribution in [0.15, 0.2) is 12.3 Å². The third-order valence-corrected chi connectivity index (χ3v) is 2.87. The molecule has 2 rings (SSSR count). The second kappa shape index (κ2) is 4.67. The fraction of sp³-hybridized carbons (Fsp3) is 0.455. The maximum absolute atomic E-state index is 13.0. The summed E-state index contributed by atoms with van der Waals surface area (Å²) in [5.74, 6) is -0.886. The van der Waals surface area contributed by atoms with Gasteiger partial charge in [-0.05, 0) is 18.9 Å². The van der Waals surface area contributed by atoms with Crippen LogP contribution in [0.1, 0.15) is 23.2 Å². The van der Waals surface area contributed by atoms with Gasteiger partial charge in [-0.25, -0.2) is 9.37 Å². The molecule has 0 bridgehead atoms. The lowest BCUT2D eigenvalue weighted by molar-refractivity contribution is 0.0547.